The molecule has 3 saturated heterocycles. The van der Waals surface area contributed by atoms with E-state index in [2.05, 4.69) is 13.8 Å². The summed E-state index contributed by atoms with van der Waals surface area (Å²) >= 11 is 0. The Hall–Kier alpha value is -2.21. The van der Waals surface area contributed by atoms with Gasteiger partial charge in [-0.2, -0.15) is 0 Å². The van der Waals surface area contributed by atoms with Gasteiger partial charge >= 0.3 is 0 Å². The summed E-state index contributed by atoms with van der Waals surface area (Å²) in [6.07, 6.45) is 0.365. The molecule has 3 atom stereocenters. The molecule has 144 valence electrons. The number of imide groups is 1. The summed E-state index contributed by atoms with van der Waals surface area (Å²) in [5, 5.41) is 3.62. The SMILES string of the molecule is Cc1cccc(C)c1N1C(=O)[C@@H]2[C@H](C1=O)N1C(=O)CC(C)(C)N1[C@H]2C(C)C. The number of hydrazine groups is 1. The van der Waals surface area contributed by atoms with Crippen molar-refractivity contribution in [3.63, 3.8) is 0 Å². The number of fused-ring (bicyclic) bond motifs is 3. The average molecular weight is 369 g/mol. The molecule has 27 heavy (non-hydrogen) atoms. The van der Waals surface area contributed by atoms with E-state index in [1.807, 2.05) is 50.9 Å². The topological polar surface area (TPSA) is 60.9 Å². The van der Waals surface area contributed by atoms with Gasteiger partial charge in [0.1, 0.15) is 6.04 Å². The molecule has 3 aliphatic rings. The number of nitrogens with zero attached hydrogens (tertiary/aromatic N) is 3. The maximum Gasteiger partial charge on any atom is 0.259 e. The van der Waals surface area contributed by atoms with Crippen LogP contribution >= 0.6 is 0 Å². The summed E-state index contributed by atoms with van der Waals surface area (Å²) in [6.45, 7) is 12.0. The Morgan fingerprint density at radius 2 is 1.63 bits per heavy atom. The first-order valence-corrected chi connectivity index (χ1v) is 9.63. The lowest BCUT2D eigenvalue weighted by atomic mass is 9.85. The van der Waals surface area contributed by atoms with E-state index in [4.69, 9.17) is 0 Å². The minimum absolute atomic E-state index is 0.0670. The Balaban J connectivity index is 1.85. The molecule has 3 fully saturated rings. The molecule has 0 bridgehead atoms. The number of carbonyl (C=O) groups excluding carboxylic acids is 3. The molecule has 0 unspecified atom stereocenters. The van der Waals surface area contributed by atoms with E-state index < -0.39 is 12.0 Å². The normalized spacial score (nSPS) is 29.9. The Labute approximate surface area is 160 Å². The molecule has 6 heteroatoms. The molecule has 1 aromatic rings. The highest BCUT2D eigenvalue weighted by Gasteiger charge is 2.68. The lowest BCUT2D eigenvalue weighted by Gasteiger charge is -2.39. The molecule has 3 amide bonds. The van der Waals surface area contributed by atoms with Crippen LogP contribution in [0, 0.1) is 25.7 Å². The van der Waals surface area contributed by atoms with Crippen LogP contribution in [-0.4, -0.2) is 45.4 Å². The van der Waals surface area contributed by atoms with Crippen molar-refractivity contribution in [1.82, 2.24) is 10.0 Å². The van der Waals surface area contributed by atoms with Gasteiger partial charge in [0.15, 0.2) is 0 Å². The number of aryl methyl sites for hydroxylation is 2. The zero-order chi connectivity index (χ0) is 19.8. The Morgan fingerprint density at radius 3 is 2.19 bits per heavy atom. The molecule has 4 rings (SSSR count). The molecule has 0 aliphatic carbocycles. The predicted molar refractivity (Wildman–Crippen MR) is 102 cm³/mol. The third-order valence-corrected chi connectivity index (χ3v) is 6.27. The third-order valence-electron chi connectivity index (χ3n) is 6.27. The van der Waals surface area contributed by atoms with E-state index >= 15 is 0 Å². The van der Waals surface area contributed by atoms with E-state index in [9.17, 15) is 14.4 Å². The summed E-state index contributed by atoms with van der Waals surface area (Å²) in [4.78, 5) is 41.1. The van der Waals surface area contributed by atoms with Gasteiger partial charge in [-0.05, 0) is 44.7 Å². The van der Waals surface area contributed by atoms with Gasteiger partial charge in [-0.1, -0.05) is 32.0 Å². The zero-order valence-electron chi connectivity index (χ0n) is 16.8. The van der Waals surface area contributed by atoms with E-state index in [0.717, 1.165) is 11.1 Å². The van der Waals surface area contributed by atoms with Crippen molar-refractivity contribution in [2.24, 2.45) is 11.8 Å². The van der Waals surface area contributed by atoms with Crippen LogP contribution in [-0.2, 0) is 14.4 Å². The molecule has 0 spiro atoms. The Bertz CT molecular complexity index is 840. The van der Waals surface area contributed by atoms with Crippen LogP contribution in [0.3, 0.4) is 0 Å². The molecular weight excluding hydrogens is 342 g/mol. The molecule has 6 nitrogen and oxygen atoms in total. The van der Waals surface area contributed by atoms with Gasteiger partial charge in [-0.15, -0.1) is 0 Å². The fraction of sp³-hybridized carbons (Fsp3) is 0.571. The molecule has 3 heterocycles. The quantitative estimate of drug-likeness (QED) is 0.751. The van der Waals surface area contributed by atoms with Crippen LogP contribution < -0.4 is 4.90 Å². The van der Waals surface area contributed by atoms with E-state index in [0.29, 0.717) is 12.1 Å². The minimum Gasteiger partial charge on any atom is -0.274 e. The first kappa shape index (κ1) is 18.2. The van der Waals surface area contributed by atoms with Gasteiger partial charge in [-0.3, -0.25) is 19.4 Å². The minimum atomic E-state index is -0.724. The number of hydrogen-bond donors (Lipinski definition) is 0. The Morgan fingerprint density at radius 1 is 1.04 bits per heavy atom. The first-order chi connectivity index (χ1) is 12.6. The summed E-state index contributed by atoms with van der Waals surface area (Å²) in [7, 11) is 0. The summed E-state index contributed by atoms with van der Waals surface area (Å²) < 4.78 is 0. The van der Waals surface area contributed by atoms with Crippen molar-refractivity contribution in [3.8, 4) is 0 Å². The highest BCUT2D eigenvalue weighted by atomic mass is 16.2. The number of para-hydroxylation sites is 1. The van der Waals surface area contributed by atoms with Crippen LogP contribution in [0.5, 0.6) is 0 Å². The second kappa shape index (κ2) is 5.64. The molecule has 0 aromatic heterocycles. The second-order valence-corrected chi connectivity index (χ2v) is 9.03. The van der Waals surface area contributed by atoms with Gasteiger partial charge in [0.2, 0.25) is 11.8 Å². The zero-order valence-corrected chi connectivity index (χ0v) is 16.8. The van der Waals surface area contributed by atoms with Crippen molar-refractivity contribution in [2.45, 2.75) is 65.6 Å². The van der Waals surface area contributed by atoms with E-state index in [1.54, 1.807) is 5.01 Å². The maximum absolute atomic E-state index is 13.5. The van der Waals surface area contributed by atoms with Crippen LogP contribution in [0.25, 0.3) is 0 Å². The molecule has 1 aromatic carbocycles. The van der Waals surface area contributed by atoms with Crippen molar-refractivity contribution in [3.05, 3.63) is 29.3 Å². The lowest BCUT2D eigenvalue weighted by Crippen LogP contribution is -2.53. The highest BCUT2D eigenvalue weighted by Crippen LogP contribution is 2.50. The predicted octanol–water partition coefficient (Wildman–Crippen LogP) is 2.43. The lowest BCUT2D eigenvalue weighted by molar-refractivity contribution is -0.147. The molecule has 0 saturated carbocycles. The average Bonchev–Trinajstić information content (AvgIpc) is 3.11. The van der Waals surface area contributed by atoms with Crippen molar-refractivity contribution < 1.29 is 14.4 Å². The number of rotatable bonds is 2. The van der Waals surface area contributed by atoms with Crippen LogP contribution in [0.2, 0.25) is 0 Å². The van der Waals surface area contributed by atoms with Crippen molar-refractivity contribution in [1.29, 1.82) is 0 Å². The van der Waals surface area contributed by atoms with Gasteiger partial charge in [-0.25, -0.2) is 9.91 Å². The molecular formula is C21H27N3O3. The third kappa shape index (κ3) is 2.25. The van der Waals surface area contributed by atoms with E-state index in [-0.39, 0.29) is 35.2 Å². The Kier molecular flexibility index (Phi) is 3.80. The number of carbonyl (C=O) groups is 3. The molecule has 0 N–H and O–H groups in total. The standard InChI is InChI=1S/C21H27N3O3/c1-11(2)16-15-18(23-14(25)10-21(5,6)24(16)23)20(27)22(19(15)26)17-12(3)8-7-9-13(17)4/h7-9,11,15-16,18H,10H2,1-6H3/t15-,16-,18+/m0/s1. The number of anilines is 1. The number of amides is 3. The van der Waals surface area contributed by atoms with Gasteiger partial charge < -0.3 is 0 Å². The van der Waals surface area contributed by atoms with Gasteiger partial charge in [0, 0.05) is 18.0 Å². The monoisotopic (exact) mass is 369 g/mol. The summed E-state index contributed by atoms with van der Waals surface area (Å²) in [6, 6.07) is 4.85. The van der Waals surface area contributed by atoms with Gasteiger partial charge in [0.25, 0.3) is 5.91 Å². The van der Waals surface area contributed by atoms with E-state index in [1.165, 1.54) is 4.90 Å². The highest BCUT2D eigenvalue weighted by molar-refractivity contribution is 6.25. The van der Waals surface area contributed by atoms with Crippen LogP contribution in [0.4, 0.5) is 5.69 Å². The van der Waals surface area contributed by atoms with Crippen molar-refractivity contribution in [2.75, 3.05) is 4.90 Å². The summed E-state index contributed by atoms with van der Waals surface area (Å²) in [5.41, 5.74) is 2.06. The number of benzene rings is 1. The number of hydrogen-bond acceptors (Lipinski definition) is 4. The van der Waals surface area contributed by atoms with Gasteiger partial charge in [0.05, 0.1) is 11.6 Å². The maximum atomic E-state index is 13.5. The fourth-order valence-corrected chi connectivity index (χ4v) is 5.28. The summed E-state index contributed by atoms with van der Waals surface area (Å²) in [5.74, 6) is -0.897. The van der Waals surface area contributed by atoms with Crippen LogP contribution in [0.15, 0.2) is 18.2 Å². The van der Waals surface area contributed by atoms with Crippen molar-refractivity contribution >= 4 is 23.4 Å². The smallest absolute Gasteiger partial charge is 0.259 e. The molecule has 3 aliphatic heterocycles. The fourth-order valence-electron chi connectivity index (χ4n) is 5.28. The first-order valence-electron chi connectivity index (χ1n) is 9.63. The molecule has 0 radical (unpaired) electrons. The largest absolute Gasteiger partial charge is 0.274 e. The second-order valence-electron chi connectivity index (χ2n) is 9.03. The van der Waals surface area contributed by atoms with Crippen LogP contribution in [0.1, 0.15) is 45.2 Å².